The molecule has 2 heterocycles. The van der Waals surface area contributed by atoms with Crippen LogP contribution in [0.1, 0.15) is 25.3 Å². The summed E-state index contributed by atoms with van der Waals surface area (Å²) in [6.07, 6.45) is -3.10. The number of carbonyl (C=O) groups is 1. The van der Waals surface area contributed by atoms with Crippen molar-refractivity contribution in [1.29, 1.82) is 0 Å². The Balaban J connectivity index is 1.48. The van der Waals surface area contributed by atoms with Gasteiger partial charge in [-0.2, -0.15) is 13.2 Å². The zero-order valence-electron chi connectivity index (χ0n) is 17.2. The Kier molecular flexibility index (Phi) is 6.48. The van der Waals surface area contributed by atoms with Gasteiger partial charge >= 0.3 is 6.18 Å². The number of aromatic nitrogens is 1. The third kappa shape index (κ3) is 4.94. The van der Waals surface area contributed by atoms with Crippen LogP contribution in [-0.4, -0.2) is 30.6 Å². The van der Waals surface area contributed by atoms with Crippen LogP contribution in [0.5, 0.6) is 5.75 Å². The van der Waals surface area contributed by atoms with Crippen LogP contribution in [-0.2, 0) is 11.0 Å². The summed E-state index contributed by atoms with van der Waals surface area (Å²) in [5, 5.41) is 3.46. The van der Waals surface area contributed by atoms with Crippen molar-refractivity contribution in [2.24, 2.45) is 5.92 Å². The van der Waals surface area contributed by atoms with Crippen LogP contribution < -0.4 is 15.0 Å². The predicted molar refractivity (Wildman–Crippen MR) is 121 cm³/mol. The molecule has 3 aromatic rings. The predicted octanol–water partition coefficient (Wildman–Crippen LogP) is 6.22. The summed E-state index contributed by atoms with van der Waals surface area (Å²) in [4.78, 5) is 19.6. The molecule has 1 N–H and O–H groups in total. The van der Waals surface area contributed by atoms with Gasteiger partial charge in [0.05, 0.1) is 39.0 Å². The molecule has 4 rings (SSSR count). The molecule has 0 aliphatic carbocycles. The normalized spacial score (nSPS) is 16.9. The third-order valence-electron chi connectivity index (χ3n) is 5.27. The highest BCUT2D eigenvalue weighted by Gasteiger charge is 2.32. The van der Waals surface area contributed by atoms with Crippen LogP contribution in [0.4, 0.5) is 24.0 Å². The number of nitrogens with zero attached hydrogens (tertiary/aromatic N) is 2. The molecule has 0 radical (unpaired) electrons. The zero-order chi connectivity index (χ0) is 22.9. The standard InChI is InChI=1S/C22H21ClF3N3O2S/c1-2-31-15-6-8-17-19(11-15)32-21(28-17)29-9-3-4-13(12-29)20(30)27-18-10-14(22(24,25)26)5-7-16(18)23/h5-8,10-11,13H,2-4,9,12H2,1H3,(H,27,30)/t13-/m1/s1. The van der Waals surface area contributed by atoms with Gasteiger partial charge in [-0.3, -0.25) is 4.79 Å². The Hall–Kier alpha value is -2.52. The van der Waals surface area contributed by atoms with Gasteiger partial charge in [0.2, 0.25) is 5.91 Å². The summed E-state index contributed by atoms with van der Waals surface area (Å²) in [6.45, 7) is 3.69. The lowest BCUT2D eigenvalue weighted by Crippen LogP contribution is -2.40. The number of halogens is 4. The lowest BCUT2D eigenvalue weighted by atomic mass is 9.97. The molecule has 0 saturated carbocycles. The van der Waals surface area contributed by atoms with Crippen LogP contribution in [0.15, 0.2) is 36.4 Å². The second-order valence-corrected chi connectivity index (χ2v) is 8.94. The topological polar surface area (TPSA) is 54.5 Å². The fourth-order valence-corrected chi connectivity index (χ4v) is 4.88. The molecule has 0 spiro atoms. The van der Waals surface area contributed by atoms with Crippen molar-refractivity contribution in [3.63, 3.8) is 0 Å². The number of piperidine rings is 1. The maximum absolute atomic E-state index is 13.0. The monoisotopic (exact) mass is 483 g/mol. The van der Waals surface area contributed by atoms with E-state index in [0.29, 0.717) is 19.6 Å². The molecular weight excluding hydrogens is 463 g/mol. The molecule has 1 aliphatic heterocycles. The molecular formula is C22H21ClF3N3O2S. The summed E-state index contributed by atoms with van der Waals surface area (Å²) in [6, 6.07) is 8.63. The van der Waals surface area contributed by atoms with Gasteiger partial charge in [-0.1, -0.05) is 22.9 Å². The van der Waals surface area contributed by atoms with Gasteiger partial charge in [0.15, 0.2) is 5.13 Å². The number of ether oxygens (including phenoxy) is 1. The number of carbonyl (C=O) groups excluding carboxylic acids is 1. The van der Waals surface area contributed by atoms with Crippen molar-refractivity contribution < 1.29 is 22.7 Å². The number of alkyl halides is 3. The van der Waals surface area contributed by atoms with Crippen LogP contribution in [0.3, 0.4) is 0 Å². The first-order chi connectivity index (χ1) is 15.2. The molecule has 1 amide bonds. The van der Waals surface area contributed by atoms with E-state index in [-0.39, 0.29) is 22.5 Å². The number of thiazole rings is 1. The van der Waals surface area contributed by atoms with E-state index in [4.69, 9.17) is 16.3 Å². The van der Waals surface area contributed by atoms with E-state index in [1.807, 2.05) is 30.0 Å². The fourth-order valence-electron chi connectivity index (χ4n) is 3.68. The van der Waals surface area contributed by atoms with Gasteiger partial charge in [0.1, 0.15) is 5.75 Å². The molecule has 1 atom stereocenters. The second-order valence-electron chi connectivity index (χ2n) is 7.53. The molecule has 1 saturated heterocycles. The number of amides is 1. The molecule has 0 unspecified atom stereocenters. The average molecular weight is 484 g/mol. The van der Waals surface area contributed by atoms with Gasteiger partial charge in [-0.15, -0.1) is 0 Å². The second kappa shape index (κ2) is 9.15. The van der Waals surface area contributed by atoms with E-state index >= 15 is 0 Å². The van der Waals surface area contributed by atoms with Crippen LogP contribution in [0.25, 0.3) is 10.2 Å². The maximum Gasteiger partial charge on any atom is 0.416 e. The van der Waals surface area contributed by atoms with E-state index in [1.54, 1.807) is 0 Å². The Morgan fingerprint density at radius 2 is 2.12 bits per heavy atom. The summed E-state index contributed by atoms with van der Waals surface area (Å²) < 4.78 is 45.6. The molecule has 10 heteroatoms. The van der Waals surface area contributed by atoms with Gasteiger partial charge < -0.3 is 15.0 Å². The Bertz CT molecular complexity index is 1140. The summed E-state index contributed by atoms with van der Waals surface area (Å²) >= 11 is 7.55. The SMILES string of the molecule is CCOc1ccc2nc(N3CCC[C@@H](C(=O)Nc4cc(C(F)(F)F)ccc4Cl)C3)sc2c1. The number of fused-ring (bicyclic) bond motifs is 1. The van der Waals surface area contributed by atoms with Crippen LogP contribution in [0, 0.1) is 5.92 Å². The average Bonchev–Trinajstić information content (AvgIpc) is 3.18. The lowest BCUT2D eigenvalue weighted by molar-refractivity contribution is -0.137. The van der Waals surface area contributed by atoms with Crippen molar-refractivity contribution in [3.05, 3.63) is 47.0 Å². The van der Waals surface area contributed by atoms with E-state index in [1.165, 1.54) is 11.3 Å². The van der Waals surface area contributed by atoms with Crippen LogP contribution >= 0.6 is 22.9 Å². The Labute approximate surface area is 192 Å². The lowest BCUT2D eigenvalue weighted by Gasteiger charge is -2.31. The number of hydrogen-bond donors (Lipinski definition) is 1. The van der Waals surface area contributed by atoms with E-state index in [2.05, 4.69) is 10.3 Å². The van der Waals surface area contributed by atoms with Gasteiger partial charge in [0.25, 0.3) is 0 Å². The van der Waals surface area contributed by atoms with E-state index in [9.17, 15) is 18.0 Å². The van der Waals surface area contributed by atoms with Gasteiger partial charge in [-0.25, -0.2) is 4.98 Å². The molecule has 0 bridgehead atoms. The molecule has 170 valence electrons. The smallest absolute Gasteiger partial charge is 0.416 e. The number of rotatable bonds is 5. The summed E-state index contributed by atoms with van der Waals surface area (Å²) in [5.41, 5.74) is -0.0359. The van der Waals surface area contributed by atoms with E-state index < -0.39 is 11.7 Å². The van der Waals surface area contributed by atoms with Crippen molar-refractivity contribution >= 4 is 49.9 Å². The molecule has 5 nitrogen and oxygen atoms in total. The number of hydrogen-bond acceptors (Lipinski definition) is 5. The highest BCUT2D eigenvalue weighted by atomic mass is 35.5. The molecule has 1 aromatic heterocycles. The number of anilines is 2. The minimum Gasteiger partial charge on any atom is -0.494 e. The third-order valence-corrected chi connectivity index (χ3v) is 6.68. The van der Waals surface area contributed by atoms with Gasteiger partial charge in [0, 0.05) is 13.1 Å². The number of nitrogens with one attached hydrogen (secondary N) is 1. The van der Waals surface area contributed by atoms with Crippen molar-refractivity contribution in [3.8, 4) is 5.75 Å². The Morgan fingerprint density at radius 1 is 1.31 bits per heavy atom. The largest absolute Gasteiger partial charge is 0.494 e. The minimum absolute atomic E-state index is 0.0351. The minimum atomic E-state index is -4.51. The highest BCUT2D eigenvalue weighted by molar-refractivity contribution is 7.22. The van der Waals surface area contributed by atoms with Crippen molar-refractivity contribution in [2.45, 2.75) is 25.9 Å². The van der Waals surface area contributed by atoms with Crippen molar-refractivity contribution in [2.75, 3.05) is 29.9 Å². The first kappa shape index (κ1) is 22.7. The summed E-state index contributed by atoms with van der Waals surface area (Å²) in [5.74, 6) is 0.0417. The molecule has 32 heavy (non-hydrogen) atoms. The number of benzene rings is 2. The molecule has 1 fully saturated rings. The molecule has 2 aromatic carbocycles. The zero-order valence-corrected chi connectivity index (χ0v) is 18.8. The molecule has 1 aliphatic rings. The van der Waals surface area contributed by atoms with E-state index in [0.717, 1.165) is 52.3 Å². The van der Waals surface area contributed by atoms with Crippen molar-refractivity contribution in [1.82, 2.24) is 4.98 Å². The maximum atomic E-state index is 13.0. The fraction of sp³-hybridized carbons (Fsp3) is 0.364. The Morgan fingerprint density at radius 3 is 2.88 bits per heavy atom. The first-order valence-electron chi connectivity index (χ1n) is 10.2. The first-order valence-corrected chi connectivity index (χ1v) is 11.4. The quantitative estimate of drug-likeness (QED) is 0.468. The van der Waals surface area contributed by atoms with Gasteiger partial charge in [-0.05, 0) is 56.2 Å². The summed E-state index contributed by atoms with van der Waals surface area (Å²) in [7, 11) is 0. The van der Waals surface area contributed by atoms with Crippen LogP contribution in [0.2, 0.25) is 5.02 Å². The highest BCUT2D eigenvalue weighted by Crippen LogP contribution is 2.36.